The van der Waals surface area contributed by atoms with Crippen molar-refractivity contribution < 1.29 is 19.0 Å². The van der Waals surface area contributed by atoms with E-state index in [2.05, 4.69) is 42.5 Å². The van der Waals surface area contributed by atoms with Crippen LogP contribution in [0.2, 0.25) is 0 Å². The number of aromatic nitrogens is 4. The molecule has 188 valence electrons. The second-order valence-electron chi connectivity index (χ2n) is 8.41. The standard InChI is InChI=1S/C26H24FN7O3/c1-2-22(36)32-17-7-8-29-20(11-17)23-19(27)5-3-16-12-31-25(34-24(16)23)33-18-4-6-21(30-13-18)26(15-35)14-28-9-10-37-26/h2-8,11-13,28,35H,1,9-10,14-15H2,(H,29,32,36)(H,31,33,34)/t26-/m1/s1. The highest BCUT2D eigenvalue weighted by atomic mass is 19.1. The third kappa shape index (κ3) is 5.00. The van der Waals surface area contributed by atoms with Crippen LogP contribution in [0.3, 0.4) is 0 Å². The van der Waals surface area contributed by atoms with E-state index in [1.165, 1.54) is 12.3 Å². The van der Waals surface area contributed by atoms with Crippen molar-refractivity contribution in [2.45, 2.75) is 5.60 Å². The summed E-state index contributed by atoms with van der Waals surface area (Å²) in [6.45, 7) is 4.88. The predicted octanol–water partition coefficient (Wildman–Crippen LogP) is 2.90. The highest BCUT2D eigenvalue weighted by molar-refractivity contribution is 6.00. The van der Waals surface area contributed by atoms with Gasteiger partial charge in [0, 0.05) is 36.6 Å². The number of carbonyl (C=O) groups is 1. The van der Waals surface area contributed by atoms with Gasteiger partial charge in [0.25, 0.3) is 0 Å². The van der Waals surface area contributed by atoms with Gasteiger partial charge in [0.05, 0.1) is 47.6 Å². The Bertz CT molecular complexity index is 1460. The smallest absolute Gasteiger partial charge is 0.247 e. The number of benzene rings is 1. The first kappa shape index (κ1) is 24.4. The van der Waals surface area contributed by atoms with Crippen molar-refractivity contribution >= 4 is 34.1 Å². The molecule has 0 bridgehead atoms. The van der Waals surface area contributed by atoms with E-state index in [1.54, 1.807) is 42.7 Å². The lowest BCUT2D eigenvalue weighted by Gasteiger charge is -2.35. The number of hydrogen-bond donors (Lipinski definition) is 4. The van der Waals surface area contributed by atoms with Crippen LogP contribution >= 0.6 is 0 Å². The number of halogens is 1. The number of carbonyl (C=O) groups excluding carboxylic acids is 1. The van der Waals surface area contributed by atoms with Crippen molar-refractivity contribution in [1.29, 1.82) is 0 Å². The van der Waals surface area contributed by atoms with E-state index >= 15 is 4.39 Å². The molecule has 3 aromatic heterocycles. The fourth-order valence-corrected chi connectivity index (χ4v) is 4.09. The summed E-state index contributed by atoms with van der Waals surface area (Å²) in [5.74, 6) is -0.670. The largest absolute Gasteiger partial charge is 0.393 e. The second kappa shape index (κ2) is 10.3. The van der Waals surface area contributed by atoms with Crippen LogP contribution in [0.4, 0.5) is 21.7 Å². The monoisotopic (exact) mass is 501 g/mol. The lowest BCUT2D eigenvalue weighted by atomic mass is 9.98. The third-order valence-corrected chi connectivity index (χ3v) is 5.98. The Hall–Kier alpha value is -4.32. The summed E-state index contributed by atoms with van der Waals surface area (Å²) in [5, 5.41) is 19.5. The number of pyridine rings is 2. The molecule has 1 atom stereocenters. The number of amides is 1. The molecule has 1 fully saturated rings. The van der Waals surface area contributed by atoms with E-state index in [0.29, 0.717) is 53.4 Å². The van der Waals surface area contributed by atoms with E-state index in [1.807, 2.05) is 0 Å². The zero-order valence-corrected chi connectivity index (χ0v) is 19.7. The van der Waals surface area contributed by atoms with Gasteiger partial charge in [0.15, 0.2) is 0 Å². The Morgan fingerprint density at radius 2 is 2.08 bits per heavy atom. The van der Waals surface area contributed by atoms with Crippen molar-refractivity contribution in [1.82, 2.24) is 25.3 Å². The van der Waals surface area contributed by atoms with Crippen molar-refractivity contribution in [3.05, 3.63) is 79.2 Å². The molecular weight excluding hydrogens is 477 g/mol. The third-order valence-electron chi connectivity index (χ3n) is 5.98. The molecular formula is C26H24FN7O3. The van der Waals surface area contributed by atoms with Crippen LogP contribution in [0.5, 0.6) is 0 Å². The Morgan fingerprint density at radius 3 is 2.81 bits per heavy atom. The minimum absolute atomic E-state index is 0.179. The number of hydrogen-bond acceptors (Lipinski definition) is 9. The maximum absolute atomic E-state index is 15.0. The molecule has 0 radical (unpaired) electrons. The first-order valence-electron chi connectivity index (χ1n) is 11.6. The van der Waals surface area contributed by atoms with Gasteiger partial charge in [0.2, 0.25) is 11.9 Å². The van der Waals surface area contributed by atoms with Crippen LogP contribution in [0.25, 0.3) is 22.2 Å². The van der Waals surface area contributed by atoms with Crippen molar-refractivity contribution in [2.24, 2.45) is 0 Å². The molecule has 1 aliphatic rings. The van der Waals surface area contributed by atoms with Gasteiger partial charge < -0.3 is 25.8 Å². The normalized spacial score (nSPS) is 17.4. The number of anilines is 3. The Kier molecular flexibility index (Phi) is 6.82. The number of aliphatic hydroxyl groups is 1. The SMILES string of the molecule is C=CC(=O)Nc1ccnc(-c2c(F)ccc3cnc(Nc4ccc([C@]5(CO)CNCCO5)nc4)nc23)c1. The molecule has 1 saturated heterocycles. The molecule has 1 aliphatic heterocycles. The number of rotatable bonds is 7. The van der Waals surface area contributed by atoms with E-state index < -0.39 is 11.4 Å². The highest BCUT2D eigenvalue weighted by Gasteiger charge is 2.36. The molecule has 0 aliphatic carbocycles. The van der Waals surface area contributed by atoms with Gasteiger partial charge in [-0.15, -0.1) is 0 Å². The summed E-state index contributed by atoms with van der Waals surface area (Å²) < 4.78 is 20.9. The summed E-state index contributed by atoms with van der Waals surface area (Å²) in [6.07, 6.45) is 5.80. The Labute approximate surface area is 211 Å². The second-order valence-corrected chi connectivity index (χ2v) is 8.41. The first-order chi connectivity index (χ1) is 18.0. The molecule has 0 saturated carbocycles. The number of ether oxygens (including phenoxy) is 1. The fourth-order valence-electron chi connectivity index (χ4n) is 4.09. The fraction of sp³-hybridized carbons (Fsp3) is 0.192. The summed E-state index contributed by atoms with van der Waals surface area (Å²) in [7, 11) is 0. The average Bonchev–Trinajstić information content (AvgIpc) is 2.93. The predicted molar refractivity (Wildman–Crippen MR) is 137 cm³/mol. The molecule has 37 heavy (non-hydrogen) atoms. The molecule has 4 N–H and O–H groups in total. The van der Waals surface area contributed by atoms with Gasteiger partial charge in [-0.05, 0) is 42.5 Å². The maximum Gasteiger partial charge on any atom is 0.247 e. The van der Waals surface area contributed by atoms with Crippen LogP contribution in [0, 0.1) is 5.82 Å². The zero-order chi connectivity index (χ0) is 25.8. The Morgan fingerprint density at radius 1 is 1.19 bits per heavy atom. The lowest BCUT2D eigenvalue weighted by molar-refractivity contribution is -0.111. The first-order valence-corrected chi connectivity index (χ1v) is 11.6. The quantitative estimate of drug-likeness (QED) is 0.282. The summed E-state index contributed by atoms with van der Waals surface area (Å²) in [5.41, 5.74) is 1.59. The van der Waals surface area contributed by atoms with Gasteiger partial charge in [-0.25, -0.2) is 14.4 Å². The molecule has 5 rings (SSSR count). The van der Waals surface area contributed by atoms with Crippen LogP contribution in [-0.4, -0.2) is 57.3 Å². The number of nitrogens with zero attached hydrogens (tertiary/aromatic N) is 4. The molecule has 4 aromatic rings. The highest BCUT2D eigenvalue weighted by Crippen LogP contribution is 2.31. The summed E-state index contributed by atoms with van der Waals surface area (Å²) in [4.78, 5) is 29.3. The summed E-state index contributed by atoms with van der Waals surface area (Å²) in [6, 6.07) is 9.63. The number of aliphatic hydroxyl groups excluding tert-OH is 1. The van der Waals surface area contributed by atoms with Crippen LogP contribution < -0.4 is 16.0 Å². The van der Waals surface area contributed by atoms with Crippen LogP contribution in [0.1, 0.15) is 5.69 Å². The molecule has 10 nitrogen and oxygen atoms in total. The summed E-state index contributed by atoms with van der Waals surface area (Å²) >= 11 is 0. The molecule has 1 aromatic carbocycles. The maximum atomic E-state index is 15.0. The van der Waals surface area contributed by atoms with E-state index in [0.717, 1.165) is 6.08 Å². The number of fused-ring (bicyclic) bond motifs is 1. The Balaban J connectivity index is 1.46. The molecule has 0 spiro atoms. The average molecular weight is 502 g/mol. The molecule has 4 heterocycles. The number of nitrogens with one attached hydrogen (secondary N) is 3. The van der Waals surface area contributed by atoms with Crippen molar-refractivity contribution in [3.63, 3.8) is 0 Å². The lowest BCUT2D eigenvalue weighted by Crippen LogP contribution is -2.50. The molecule has 0 unspecified atom stereocenters. The van der Waals surface area contributed by atoms with Gasteiger partial charge in [-0.1, -0.05) is 6.58 Å². The topological polar surface area (TPSA) is 134 Å². The number of morpholine rings is 1. The minimum atomic E-state index is -0.894. The van der Waals surface area contributed by atoms with Gasteiger partial charge in [0.1, 0.15) is 11.4 Å². The van der Waals surface area contributed by atoms with Crippen LogP contribution in [-0.2, 0) is 15.1 Å². The molecule has 1 amide bonds. The zero-order valence-electron chi connectivity index (χ0n) is 19.7. The minimum Gasteiger partial charge on any atom is -0.393 e. The van der Waals surface area contributed by atoms with E-state index in [4.69, 9.17) is 4.74 Å². The van der Waals surface area contributed by atoms with Gasteiger partial charge >= 0.3 is 0 Å². The van der Waals surface area contributed by atoms with Crippen LogP contribution in [0.15, 0.2) is 67.6 Å². The van der Waals surface area contributed by atoms with Crippen molar-refractivity contribution in [2.75, 3.05) is 36.9 Å². The van der Waals surface area contributed by atoms with Gasteiger partial charge in [-0.2, -0.15) is 0 Å². The van der Waals surface area contributed by atoms with E-state index in [-0.39, 0.29) is 24.0 Å². The van der Waals surface area contributed by atoms with E-state index in [9.17, 15) is 9.90 Å². The van der Waals surface area contributed by atoms with Gasteiger partial charge in [-0.3, -0.25) is 14.8 Å². The van der Waals surface area contributed by atoms with Crippen molar-refractivity contribution in [3.8, 4) is 11.3 Å². The molecule has 11 heteroatoms.